The highest BCUT2D eigenvalue weighted by molar-refractivity contribution is 5.85. The van der Waals surface area contributed by atoms with Crippen LogP contribution in [0.2, 0.25) is 0 Å². The van der Waals surface area contributed by atoms with E-state index in [4.69, 9.17) is 14.7 Å². The molecular formula is C20H22ClN7O2. The fraction of sp³-hybridized carbons (Fsp3) is 0.300. The summed E-state index contributed by atoms with van der Waals surface area (Å²) in [5.41, 5.74) is 3.13. The minimum absolute atomic E-state index is 0. The van der Waals surface area contributed by atoms with E-state index in [-0.39, 0.29) is 18.1 Å². The summed E-state index contributed by atoms with van der Waals surface area (Å²) in [6, 6.07) is 10.3. The Balaban J connectivity index is 0.00000256. The molecule has 3 N–H and O–H groups in total. The third-order valence-corrected chi connectivity index (χ3v) is 4.68. The van der Waals surface area contributed by atoms with E-state index in [9.17, 15) is 0 Å². The first-order valence-corrected chi connectivity index (χ1v) is 9.28. The molecule has 1 aliphatic rings. The first-order valence-electron chi connectivity index (χ1n) is 9.28. The summed E-state index contributed by atoms with van der Waals surface area (Å²) in [5.74, 6) is 1.86. The summed E-state index contributed by atoms with van der Waals surface area (Å²) in [5, 5.41) is 22.6. The molecule has 0 aliphatic carbocycles. The molecule has 2 aromatic heterocycles. The maximum absolute atomic E-state index is 8.79. The normalized spacial score (nSPS) is 15.3. The minimum atomic E-state index is 0. The van der Waals surface area contributed by atoms with Gasteiger partial charge in [-0.1, -0.05) is 6.07 Å². The van der Waals surface area contributed by atoms with E-state index in [1.165, 1.54) is 12.4 Å². The van der Waals surface area contributed by atoms with Crippen LogP contribution in [0.15, 0.2) is 36.7 Å². The predicted molar refractivity (Wildman–Crippen MR) is 114 cm³/mol. The van der Waals surface area contributed by atoms with Crippen molar-refractivity contribution >= 4 is 24.0 Å². The first-order chi connectivity index (χ1) is 14.2. The van der Waals surface area contributed by atoms with Crippen molar-refractivity contribution in [3.63, 3.8) is 0 Å². The number of ether oxygens (including phenoxy) is 2. The molecule has 3 aromatic rings. The highest BCUT2D eigenvalue weighted by Crippen LogP contribution is 2.31. The molecule has 9 nitrogen and oxygen atoms in total. The minimum Gasteiger partial charge on any atom is -0.496 e. The van der Waals surface area contributed by atoms with Crippen molar-refractivity contribution in [2.24, 2.45) is 0 Å². The van der Waals surface area contributed by atoms with Crippen molar-refractivity contribution in [1.82, 2.24) is 25.5 Å². The maximum atomic E-state index is 8.79. The van der Waals surface area contributed by atoms with Gasteiger partial charge in [-0.15, -0.1) is 12.4 Å². The van der Waals surface area contributed by atoms with E-state index in [2.05, 4.69) is 36.9 Å². The average molecular weight is 428 g/mol. The number of aromatic nitrogens is 4. The van der Waals surface area contributed by atoms with Gasteiger partial charge < -0.3 is 20.1 Å². The third-order valence-electron chi connectivity index (χ3n) is 4.68. The molecular weight excluding hydrogens is 406 g/mol. The van der Waals surface area contributed by atoms with Crippen LogP contribution in [0.4, 0.5) is 11.6 Å². The molecule has 156 valence electrons. The van der Waals surface area contributed by atoms with Crippen LogP contribution in [0.5, 0.6) is 5.75 Å². The van der Waals surface area contributed by atoms with Crippen LogP contribution in [-0.4, -0.2) is 46.5 Å². The summed E-state index contributed by atoms with van der Waals surface area (Å²) in [6.07, 6.45) is 3.94. The quantitative estimate of drug-likeness (QED) is 0.526. The van der Waals surface area contributed by atoms with Gasteiger partial charge in [0.05, 0.1) is 31.8 Å². The SMILES string of the molecule is COc1cc(CN[C@H]2CCOC2)ccc1-c1cc(Nc2cnc(C#N)cn2)n[nH]1.Cl. The lowest BCUT2D eigenvalue weighted by Gasteiger charge is -2.13. The topological polar surface area (TPSA) is 121 Å². The number of rotatable bonds is 7. The molecule has 0 unspecified atom stereocenters. The second-order valence-electron chi connectivity index (χ2n) is 6.67. The number of methoxy groups -OCH3 is 1. The zero-order valence-electron chi connectivity index (χ0n) is 16.4. The molecule has 0 spiro atoms. The van der Waals surface area contributed by atoms with Crippen molar-refractivity contribution in [3.8, 4) is 23.1 Å². The summed E-state index contributed by atoms with van der Waals surface area (Å²) in [7, 11) is 1.66. The smallest absolute Gasteiger partial charge is 0.158 e. The molecule has 1 aromatic carbocycles. The van der Waals surface area contributed by atoms with Crippen molar-refractivity contribution < 1.29 is 9.47 Å². The van der Waals surface area contributed by atoms with Crippen LogP contribution in [-0.2, 0) is 11.3 Å². The fourth-order valence-electron chi connectivity index (χ4n) is 3.13. The van der Waals surface area contributed by atoms with Crippen molar-refractivity contribution in [2.75, 3.05) is 25.6 Å². The van der Waals surface area contributed by atoms with Crippen molar-refractivity contribution in [3.05, 3.63) is 47.9 Å². The molecule has 30 heavy (non-hydrogen) atoms. The van der Waals surface area contributed by atoms with E-state index < -0.39 is 0 Å². The summed E-state index contributed by atoms with van der Waals surface area (Å²) in [6.45, 7) is 2.35. The van der Waals surface area contributed by atoms with E-state index in [1.807, 2.05) is 24.3 Å². The molecule has 0 radical (unpaired) electrons. The number of hydrogen-bond acceptors (Lipinski definition) is 8. The number of hydrogen-bond donors (Lipinski definition) is 3. The fourth-order valence-corrected chi connectivity index (χ4v) is 3.13. The van der Waals surface area contributed by atoms with Gasteiger partial charge in [0.1, 0.15) is 17.6 Å². The van der Waals surface area contributed by atoms with Gasteiger partial charge in [-0.2, -0.15) is 10.4 Å². The monoisotopic (exact) mass is 427 g/mol. The van der Waals surface area contributed by atoms with E-state index in [0.29, 0.717) is 17.7 Å². The second-order valence-corrected chi connectivity index (χ2v) is 6.67. The maximum Gasteiger partial charge on any atom is 0.158 e. The van der Waals surface area contributed by atoms with Gasteiger partial charge in [-0.25, -0.2) is 9.97 Å². The number of nitrogens with zero attached hydrogens (tertiary/aromatic N) is 4. The number of nitrogens with one attached hydrogen (secondary N) is 3. The number of anilines is 2. The number of nitriles is 1. The van der Waals surface area contributed by atoms with Gasteiger partial charge in [0.2, 0.25) is 0 Å². The van der Waals surface area contributed by atoms with Crippen molar-refractivity contribution in [1.29, 1.82) is 5.26 Å². The Morgan fingerprint density at radius 2 is 2.17 bits per heavy atom. The Morgan fingerprint density at radius 3 is 2.87 bits per heavy atom. The van der Waals surface area contributed by atoms with Gasteiger partial charge in [-0.3, -0.25) is 5.10 Å². The molecule has 1 fully saturated rings. The lowest BCUT2D eigenvalue weighted by Crippen LogP contribution is -2.28. The summed E-state index contributed by atoms with van der Waals surface area (Å²) < 4.78 is 11.0. The molecule has 4 rings (SSSR count). The summed E-state index contributed by atoms with van der Waals surface area (Å²) >= 11 is 0. The lowest BCUT2D eigenvalue weighted by atomic mass is 10.1. The number of halogens is 1. The van der Waals surface area contributed by atoms with Gasteiger partial charge in [0.25, 0.3) is 0 Å². The molecule has 1 aliphatic heterocycles. The van der Waals surface area contributed by atoms with E-state index in [1.54, 1.807) is 7.11 Å². The predicted octanol–water partition coefficient (Wildman–Crippen LogP) is 2.79. The van der Waals surface area contributed by atoms with E-state index in [0.717, 1.165) is 48.7 Å². The lowest BCUT2D eigenvalue weighted by molar-refractivity contribution is 0.190. The molecule has 1 atom stereocenters. The Bertz CT molecular complexity index is 1010. The highest BCUT2D eigenvalue weighted by Gasteiger charge is 2.15. The van der Waals surface area contributed by atoms with Crippen LogP contribution >= 0.6 is 12.4 Å². The van der Waals surface area contributed by atoms with Crippen LogP contribution in [0.1, 0.15) is 17.7 Å². The van der Waals surface area contributed by atoms with Gasteiger partial charge >= 0.3 is 0 Å². The highest BCUT2D eigenvalue weighted by atomic mass is 35.5. The Hall–Kier alpha value is -3.19. The second kappa shape index (κ2) is 10.0. The van der Waals surface area contributed by atoms with Gasteiger partial charge in [-0.05, 0) is 24.1 Å². The Kier molecular flexibility index (Phi) is 7.19. The van der Waals surface area contributed by atoms with Crippen LogP contribution in [0.25, 0.3) is 11.3 Å². The number of H-pyrrole nitrogens is 1. The largest absolute Gasteiger partial charge is 0.496 e. The van der Waals surface area contributed by atoms with Crippen LogP contribution < -0.4 is 15.4 Å². The van der Waals surface area contributed by atoms with Gasteiger partial charge in [0.15, 0.2) is 11.5 Å². The molecule has 3 heterocycles. The number of benzene rings is 1. The number of aromatic amines is 1. The van der Waals surface area contributed by atoms with Gasteiger partial charge in [0, 0.05) is 30.8 Å². The first kappa shape index (κ1) is 21.5. The Labute approximate surface area is 180 Å². The Morgan fingerprint density at radius 1 is 1.27 bits per heavy atom. The average Bonchev–Trinajstić information content (AvgIpc) is 3.45. The van der Waals surface area contributed by atoms with Crippen LogP contribution in [0.3, 0.4) is 0 Å². The summed E-state index contributed by atoms with van der Waals surface area (Å²) in [4.78, 5) is 8.12. The van der Waals surface area contributed by atoms with Crippen molar-refractivity contribution in [2.45, 2.75) is 19.0 Å². The zero-order chi connectivity index (χ0) is 20.1. The molecule has 1 saturated heterocycles. The van der Waals surface area contributed by atoms with E-state index >= 15 is 0 Å². The molecule has 0 amide bonds. The molecule has 0 saturated carbocycles. The molecule has 0 bridgehead atoms. The molecule has 10 heteroatoms. The zero-order valence-corrected chi connectivity index (χ0v) is 17.2. The standard InChI is InChI=1S/C20H21N7O2.ClH/c1-28-18-6-13(9-22-14-4-5-29-12-14)2-3-16(18)17-7-19(27-26-17)25-20-11-23-15(8-21)10-24-20;/h2-3,6-7,10-11,14,22H,4-5,9,12H2,1H3,(H2,24,25,26,27);1H/t14-;/m0./s1. The van der Waals surface area contributed by atoms with Crippen LogP contribution in [0, 0.1) is 11.3 Å². The third kappa shape index (κ3) is 5.04.